The fraction of sp³-hybridized carbons (Fsp3) is 0.463. The second-order valence-electron chi connectivity index (χ2n) is 14.3. The van der Waals surface area contributed by atoms with Crippen molar-refractivity contribution in [2.75, 3.05) is 45.3 Å². The molecule has 10 heteroatoms. The summed E-state index contributed by atoms with van der Waals surface area (Å²) in [7, 11) is 3.49. The zero-order valence-corrected chi connectivity index (χ0v) is 31.6. The third-order valence-corrected chi connectivity index (χ3v) is 11.8. The molecule has 272 valence electrons. The maximum Gasteiger partial charge on any atom is 0.267 e. The van der Waals surface area contributed by atoms with Crippen molar-refractivity contribution in [1.29, 1.82) is 0 Å². The van der Waals surface area contributed by atoms with E-state index in [1.165, 1.54) is 11.1 Å². The summed E-state index contributed by atoms with van der Waals surface area (Å²) in [5, 5.41) is 13.1. The number of aliphatic hydroxyl groups is 1. The molecule has 2 N–H and O–H groups in total. The molecule has 0 radical (unpaired) electrons. The molecule has 8 nitrogen and oxygen atoms in total. The summed E-state index contributed by atoms with van der Waals surface area (Å²) in [6.45, 7) is 6.55. The Hall–Kier alpha value is -3.50. The first-order chi connectivity index (χ1) is 24.6. The number of nitrogens with zero attached hydrogens (tertiary/aromatic N) is 2. The number of nitrogens with one attached hydrogen (secondary N) is 1. The van der Waals surface area contributed by atoms with E-state index in [1.54, 1.807) is 25.1 Å². The molecule has 51 heavy (non-hydrogen) atoms. The molecular formula is C41H50ClN3O5S. The first-order valence-electron chi connectivity index (χ1n) is 18.1. The van der Waals surface area contributed by atoms with Crippen LogP contribution in [0.3, 0.4) is 0 Å². The van der Waals surface area contributed by atoms with Crippen LogP contribution in [0.2, 0.25) is 5.02 Å². The van der Waals surface area contributed by atoms with Crippen LogP contribution in [-0.4, -0.2) is 68.3 Å². The Labute approximate surface area is 311 Å². The highest BCUT2D eigenvalue weighted by atomic mass is 35.5. The Morgan fingerprint density at radius 1 is 1.12 bits per heavy atom. The van der Waals surface area contributed by atoms with Crippen molar-refractivity contribution in [2.45, 2.75) is 74.9 Å². The SMILES string of the molecule is CCCc1cc(Cl)ccc1C1COc2ccc3cc2N(C1)CC1CCC1C(OC)/C=C/CCN(C)C(=O)C[C@]3(O)C(=O)NSc1ccc(C)cc1. The van der Waals surface area contributed by atoms with E-state index >= 15 is 0 Å². The molecule has 0 saturated heterocycles. The van der Waals surface area contributed by atoms with Gasteiger partial charge in [-0.3, -0.25) is 14.3 Å². The van der Waals surface area contributed by atoms with Gasteiger partial charge >= 0.3 is 0 Å². The third kappa shape index (κ3) is 8.43. The van der Waals surface area contributed by atoms with Crippen molar-refractivity contribution < 1.29 is 24.2 Å². The van der Waals surface area contributed by atoms with E-state index in [4.69, 9.17) is 21.1 Å². The van der Waals surface area contributed by atoms with Crippen LogP contribution in [0.5, 0.6) is 5.75 Å². The first kappa shape index (κ1) is 37.3. The Kier molecular flexibility index (Phi) is 12.0. The first-order valence-corrected chi connectivity index (χ1v) is 19.3. The Morgan fingerprint density at radius 2 is 1.92 bits per heavy atom. The number of hydrogen-bond acceptors (Lipinski definition) is 7. The molecule has 3 aromatic rings. The molecule has 2 aliphatic heterocycles. The largest absolute Gasteiger partial charge is 0.491 e. The minimum Gasteiger partial charge on any atom is -0.491 e. The van der Waals surface area contributed by atoms with Crippen molar-refractivity contribution in [3.63, 3.8) is 0 Å². The van der Waals surface area contributed by atoms with Gasteiger partial charge in [-0.15, -0.1) is 0 Å². The molecule has 1 saturated carbocycles. The van der Waals surface area contributed by atoms with E-state index < -0.39 is 17.9 Å². The molecule has 6 rings (SSSR count). The van der Waals surface area contributed by atoms with E-state index in [0.717, 1.165) is 65.3 Å². The molecule has 4 unspecified atom stereocenters. The number of rotatable bonds is 7. The molecule has 0 spiro atoms. The maximum atomic E-state index is 14.1. The number of carbonyl (C=O) groups is 2. The number of anilines is 1. The lowest BCUT2D eigenvalue weighted by molar-refractivity contribution is -0.148. The second-order valence-corrected chi connectivity index (χ2v) is 15.6. The summed E-state index contributed by atoms with van der Waals surface area (Å²) in [4.78, 5) is 32.6. The van der Waals surface area contributed by atoms with Gasteiger partial charge in [-0.2, -0.15) is 0 Å². The Morgan fingerprint density at radius 3 is 2.65 bits per heavy atom. The van der Waals surface area contributed by atoms with E-state index in [9.17, 15) is 14.7 Å². The number of ether oxygens (including phenoxy) is 2. The van der Waals surface area contributed by atoms with Crippen molar-refractivity contribution in [2.24, 2.45) is 11.8 Å². The van der Waals surface area contributed by atoms with Crippen molar-refractivity contribution >= 4 is 41.1 Å². The van der Waals surface area contributed by atoms with E-state index in [2.05, 4.69) is 40.8 Å². The lowest BCUT2D eigenvalue weighted by Gasteiger charge is -2.43. The number of aryl methyl sites for hydroxylation is 2. The fourth-order valence-corrected chi connectivity index (χ4v) is 8.44. The van der Waals surface area contributed by atoms with Crippen molar-refractivity contribution in [3.05, 3.63) is 100 Å². The third-order valence-electron chi connectivity index (χ3n) is 10.8. The number of amides is 2. The van der Waals surface area contributed by atoms with Gasteiger partial charge in [0.2, 0.25) is 5.91 Å². The smallest absolute Gasteiger partial charge is 0.267 e. The van der Waals surface area contributed by atoms with Crippen LogP contribution in [0.15, 0.2) is 77.7 Å². The predicted octanol–water partition coefficient (Wildman–Crippen LogP) is 7.44. The van der Waals surface area contributed by atoms with Gasteiger partial charge in [0.25, 0.3) is 5.91 Å². The van der Waals surface area contributed by atoms with Crippen molar-refractivity contribution in [3.8, 4) is 5.75 Å². The number of carbonyl (C=O) groups excluding carboxylic acids is 2. The minimum absolute atomic E-state index is 0.0188. The van der Waals surface area contributed by atoms with Crippen LogP contribution in [-0.2, 0) is 26.3 Å². The monoisotopic (exact) mass is 731 g/mol. The molecule has 0 aromatic heterocycles. The normalized spacial score (nSPS) is 26.0. The molecule has 3 aromatic carbocycles. The molecule has 1 fully saturated rings. The topological polar surface area (TPSA) is 91.3 Å². The molecule has 2 heterocycles. The number of methoxy groups -OCH3 is 1. The lowest BCUT2D eigenvalue weighted by Crippen LogP contribution is -2.46. The van der Waals surface area contributed by atoms with Gasteiger partial charge in [0.15, 0.2) is 5.60 Å². The molecule has 2 amide bonds. The molecular weight excluding hydrogens is 682 g/mol. The summed E-state index contributed by atoms with van der Waals surface area (Å²) in [6, 6.07) is 19.4. The van der Waals surface area contributed by atoms with Crippen molar-refractivity contribution in [1.82, 2.24) is 9.62 Å². The Bertz CT molecular complexity index is 1730. The molecule has 3 aliphatic rings. The van der Waals surface area contributed by atoms with Gasteiger partial charge in [-0.25, -0.2) is 0 Å². The van der Waals surface area contributed by atoms with E-state index in [0.29, 0.717) is 49.3 Å². The number of fused-ring (bicyclic) bond motifs is 2. The van der Waals surface area contributed by atoms with Crippen LogP contribution in [0.25, 0.3) is 0 Å². The van der Waals surface area contributed by atoms with Crippen LogP contribution >= 0.6 is 23.5 Å². The maximum absolute atomic E-state index is 14.1. The van der Waals surface area contributed by atoms with Crippen LogP contribution < -0.4 is 14.4 Å². The van der Waals surface area contributed by atoms with Crippen LogP contribution in [0.4, 0.5) is 5.69 Å². The van der Waals surface area contributed by atoms with Gasteiger partial charge < -0.3 is 24.4 Å². The number of hydrogen-bond donors (Lipinski definition) is 2. The summed E-state index contributed by atoms with van der Waals surface area (Å²) in [6.07, 6.45) is 8.50. The van der Waals surface area contributed by atoms with Gasteiger partial charge in [0.1, 0.15) is 5.75 Å². The second kappa shape index (κ2) is 16.4. The van der Waals surface area contributed by atoms with E-state index in [1.807, 2.05) is 49.4 Å². The summed E-state index contributed by atoms with van der Waals surface area (Å²) >= 11 is 7.59. The Balaban J connectivity index is 1.41. The average Bonchev–Trinajstić information content (AvgIpc) is 3.29. The quantitative estimate of drug-likeness (QED) is 0.193. The van der Waals surface area contributed by atoms with E-state index in [-0.39, 0.29) is 17.9 Å². The van der Waals surface area contributed by atoms with Gasteiger partial charge in [-0.05, 0) is 109 Å². The number of benzene rings is 3. The van der Waals surface area contributed by atoms with Gasteiger partial charge in [0.05, 0.1) is 24.8 Å². The molecule has 1 aliphatic carbocycles. The zero-order valence-electron chi connectivity index (χ0n) is 30.1. The lowest BCUT2D eigenvalue weighted by atomic mass is 9.70. The van der Waals surface area contributed by atoms with Crippen LogP contribution in [0, 0.1) is 18.8 Å². The predicted molar refractivity (Wildman–Crippen MR) is 204 cm³/mol. The highest BCUT2D eigenvalue weighted by Gasteiger charge is 2.43. The zero-order chi connectivity index (χ0) is 36.1. The minimum atomic E-state index is -2.13. The van der Waals surface area contributed by atoms with Crippen LogP contribution in [0.1, 0.15) is 67.2 Å². The standard InChI is InChI=1S/C41H50ClN3O5S/c1-5-8-28-21-32(42)14-18-34(28)30-25-45-24-29-12-17-35(29)37(49-4)9-6-7-20-44(3)39(46)23-41(48,31-13-19-38(50-26-30)36(45)22-31)40(47)43-51-33-15-10-27(2)11-16-33/h6,9-11,13-16,18-19,21-22,29-30,35,37,48H,5,7-8,12,17,20,23-26H2,1-4H3,(H,43,47)/b9-6+/t29?,30?,35?,37?,41-/m1/s1. The highest BCUT2D eigenvalue weighted by Crippen LogP contribution is 2.44. The number of halogens is 1. The molecule has 2 bridgehead atoms. The van der Waals surface area contributed by atoms with Gasteiger partial charge in [0, 0.05) is 49.6 Å². The average molecular weight is 732 g/mol. The summed E-state index contributed by atoms with van der Waals surface area (Å²) in [5.74, 6) is 0.492. The summed E-state index contributed by atoms with van der Waals surface area (Å²) in [5.41, 5.74) is 2.58. The van der Waals surface area contributed by atoms with Gasteiger partial charge in [-0.1, -0.05) is 66.9 Å². The fourth-order valence-electron chi connectivity index (χ4n) is 7.59. The molecule has 5 atom stereocenters. The summed E-state index contributed by atoms with van der Waals surface area (Å²) < 4.78 is 15.4. The highest BCUT2D eigenvalue weighted by molar-refractivity contribution is 7.98.